The molecule has 0 aliphatic carbocycles. The lowest BCUT2D eigenvalue weighted by Gasteiger charge is -2.14. The van der Waals surface area contributed by atoms with E-state index in [-0.39, 0.29) is 17.8 Å². The fraction of sp³-hybridized carbons (Fsp3) is 0.238. The Bertz CT molecular complexity index is 887. The molecule has 5 heteroatoms. The van der Waals surface area contributed by atoms with E-state index in [9.17, 15) is 9.18 Å². The standard InChI is InChI=1S/C21H21FN2O2/c1-3-6-14(2)24-20(25)17-7-4-5-8-18(17)21-23-13-19(26-21)15-9-11-16(22)12-10-15/h4-5,7-14H,3,6H2,1-2H3,(H,24,25). The maximum atomic E-state index is 13.1. The van der Waals surface area contributed by atoms with E-state index in [2.05, 4.69) is 17.2 Å². The Kier molecular flexibility index (Phi) is 5.46. The number of amides is 1. The van der Waals surface area contributed by atoms with Crippen molar-refractivity contribution in [2.45, 2.75) is 32.7 Å². The maximum Gasteiger partial charge on any atom is 0.252 e. The molecule has 3 aromatic rings. The number of halogens is 1. The lowest BCUT2D eigenvalue weighted by atomic mass is 10.1. The van der Waals surface area contributed by atoms with Crippen molar-refractivity contribution in [3.63, 3.8) is 0 Å². The third kappa shape index (κ3) is 3.99. The topological polar surface area (TPSA) is 55.1 Å². The summed E-state index contributed by atoms with van der Waals surface area (Å²) >= 11 is 0. The molecule has 0 radical (unpaired) electrons. The molecule has 0 bridgehead atoms. The highest BCUT2D eigenvalue weighted by atomic mass is 19.1. The Morgan fingerprint density at radius 1 is 1.19 bits per heavy atom. The van der Waals surface area contributed by atoms with Crippen LogP contribution in [0, 0.1) is 5.82 Å². The summed E-state index contributed by atoms with van der Waals surface area (Å²) in [4.78, 5) is 16.9. The minimum atomic E-state index is -0.309. The van der Waals surface area contributed by atoms with Crippen LogP contribution < -0.4 is 5.32 Å². The van der Waals surface area contributed by atoms with Crippen LogP contribution in [0.4, 0.5) is 4.39 Å². The highest BCUT2D eigenvalue weighted by Gasteiger charge is 2.18. The molecule has 1 heterocycles. The normalized spacial score (nSPS) is 12.0. The fourth-order valence-electron chi connectivity index (χ4n) is 2.82. The Hall–Kier alpha value is -2.95. The molecule has 1 atom stereocenters. The first-order chi connectivity index (χ1) is 12.6. The lowest BCUT2D eigenvalue weighted by molar-refractivity contribution is 0.0938. The van der Waals surface area contributed by atoms with Crippen molar-refractivity contribution in [3.05, 3.63) is 66.1 Å². The van der Waals surface area contributed by atoms with Gasteiger partial charge < -0.3 is 9.73 Å². The van der Waals surface area contributed by atoms with Crippen molar-refractivity contribution in [2.24, 2.45) is 0 Å². The van der Waals surface area contributed by atoms with Gasteiger partial charge in [0.05, 0.1) is 11.8 Å². The molecule has 1 aromatic heterocycles. The zero-order valence-electron chi connectivity index (χ0n) is 14.8. The summed E-state index contributed by atoms with van der Waals surface area (Å²) in [5.74, 6) is 0.424. The number of hydrogen-bond donors (Lipinski definition) is 1. The van der Waals surface area contributed by atoms with Gasteiger partial charge in [-0.2, -0.15) is 0 Å². The molecule has 1 N–H and O–H groups in total. The minimum Gasteiger partial charge on any atom is -0.436 e. The number of nitrogens with zero attached hydrogens (tertiary/aromatic N) is 1. The van der Waals surface area contributed by atoms with Crippen molar-refractivity contribution in [1.29, 1.82) is 0 Å². The third-order valence-corrected chi connectivity index (χ3v) is 4.14. The summed E-state index contributed by atoms with van der Waals surface area (Å²) in [5.41, 5.74) is 1.87. The van der Waals surface area contributed by atoms with Gasteiger partial charge in [-0.3, -0.25) is 4.79 Å². The summed E-state index contributed by atoms with van der Waals surface area (Å²) in [5, 5.41) is 3.00. The first-order valence-corrected chi connectivity index (χ1v) is 8.70. The quantitative estimate of drug-likeness (QED) is 0.674. The average Bonchev–Trinajstić information content (AvgIpc) is 3.12. The molecular weight excluding hydrogens is 331 g/mol. The van der Waals surface area contributed by atoms with E-state index in [1.807, 2.05) is 19.1 Å². The van der Waals surface area contributed by atoms with Crippen molar-refractivity contribution in [3.8, 4) is 22.8 Å². The summed E-state index contributed by atoms with van der Waals surface area (Å²) in [7, 11) is 0. The van der Waals surface area contributed by atoms with Crippen LogP contribution in [0.1, 0.15) is 37.0 Å². The van der Waals surface area contributed by atoms with E-state index >= 15 is 0 Å². The molecule has 3 rings (SSSR count). The number of benzene rings is 2. The molecule has 0 aliphatic heterocycles. The van der Waals surface area contributed by atoms with Crippen LogP contribution in [0.2, 0.25) is 0 Å². The average molecular weight is 352 g/mol. The number of hydrogen-bond acceptors (Lipinski definition) is 3. The van der Waals surface area contributed by atoms with E-state index in [4.69, 9.17) is 4.42 Å². The highest BCUT2D eigenvalue weighted by molar-refractivity contribution is 6.00. The van der Waals surface area contributed by atoms with Gasteiger partial charge in [0.25, 0.3) is 5.91 Å². The SMILES string of the molecule is CCCC(C)NC(=O)c1ccccc1-c1ncc(-c2ccc(F)cc2)o1. The first kappa shape index (κ1) is 17.9. The Morgan fingerprint density at radius 3 is 2.65 bits per heavy atom. The monoisotopic (exact) mass is 352 g/mol. The molecule has 2 aromatic carbocycles. The zero-order valence-corrected chi connectivity index (χ0v) is 14.8. The predicted octanol–water partition coefficient (Wildman–Crippen LogP) is 5.07. The van der Waals surface area contributed by atoms with Crippen molar-refractivity contribution >= 4 is 5.91 Å². The number of carbonyl (C=O) groups is 1. The smallest absolute Gasteiger partial charge is 0.252 e. The van der Waals surface area contributed by atoms with Gasteiger partial charge in [-0.15, -0.1) is 0 Å². The van der Waals surface area contributed by atoms with Crippen molar-refractivity contribution < 1.29 is 13.6 Å². The summed E-state index contributed by atoms with van der Waals surface area (Å²) in [6.07, 6.45) is 3.50. The molecule has 0 aliphatic rings. The largest absolute Gasteiger partial charge is 0.436 e. The van der Waals surface area contributed by atoms with Gasteiger partial charge in [-0.1, -0.05) is 25.5 Å². The van der Waals surface area contributed by atoms with Crippen LogP contribution in [0.5, 0.6) is 0 Å². The van der Waals surface area contributed by atoms with Gasteiger partial charge in [0.2, 0.25) is 5.89 Å². The maximum absolute atomic E-state index is 13.1. The second kappa shape index (κ2) is 7.95. The minimum absolute atomic E-state index is 0.0971. The molecule has 1 amide bonds. The molecule has 0 fully saturated rings. The predicted molar refractivity (Wildman–Crippen MR) is 99.2 cm³/mol. The van der Waals surface area contributed by atoms with Crippen LogP contribution in [0.3, 0.4) is 0 Å². The van der Waals surface area contributed by atoms with Gasteiger partial charge in [-0.05, 0) is 49.7 Å². The van der Waals surface area contributed by atoms with Crippen LogP contribution in [-0.4, -0.2) is 16.9 Å². The summed E-state index contributed by atoms with van der Waals surface area (Å²) < 4.78 is 18.9. The van der Waals surface area contributed by atoms with Crippen molar-refractivity contribution in [1.82, 2.24) is 10.3 Å². The zero-order chi connectivity index (χ0) is 18.5. The number of nitrogens with one attached hydrogen (secondary N) is 1. The Morgan fingerprint density at radius 2 is 1.92 bits per heavy atom. The Labute approximate surface area is 152 Å². The second-order valence-electron chi connectivity index (χ2n) is 6.25. The molecule has 0 saturated carbocycles. The molecular formula is C21H21FN2O2. The molecule has 134 valence electrons. The Balaban J connectivity index is 1.88. The highest BCUT2D eigenvalue weighted by Crippen LogP contribution is 2.28. The van der Waals surface area contributed by atoms with Gasteiger partial charge in [-0.25, -0.2) is 9.37 Å². The number of carbonyl (C=O) groups excluding carboxylic acids is 1. The lowest BCUT2D eigenvalue weighted by Crippen LogP contribution is -2.32. The van der Waals surface area contributed by atoms with Crippen LogP contribution in [0.25, 0.3) is 22.8 Å². The summed E-state index contributed by atoms with van der Waals surface area (Å²) in [6.45, 7) is 4.07. The van der Waals surface area contributed by atoms with E-state index in [0.29, 0.717) is 22.8 Å². The van der Waals surface area contributed by atoms with E-state index in [0.717, 1.165) is 18.4 Å². The van der Waals surface area contributed by atoms with Gasteiger partial charge >= 0.3 is 0 Å². The molecule has 0 spiro atoms. The first-order valence-electron chi connectivity index (χ1n) is 8.70. The molecule has 0 saturated heterocycles. The number of aromatic nitrogens is 1. The van der Waals surface area contributed by atoms with Crippen LogP contribution in [0.15, 0.2) is 59.1 Å². The molecule has 1 unspecified atom stereocenters. The van der Waals surface area contributed by atoms with Gasteiger partial charge in [0.1, 0.15) is 5.82 Å². The van der Waals surface area contributed by atoms with Gasteiger partial charge in [0.15, 0.2) is 5.76 Å². The van der Waals surface area contributed by atoms with Crippen LogP contribution >= 0.6 is 0 Å². The number of oxazole rings is 1. The molecule has 26 heavy (non-hydrogen) atoms. The van der Waals surface area contributed by atoms with E-state index in [1.165, 1.54) is 12.1 Å². The van der Waals surface area contributed by atoms with Crippen molar-refractivity contribution in [2.75, 3.05) is 0 Å². The third-order valence-electron chi connectivity index (χ3n) is 4.14. The van der Waals surface area contributed by atoms with Crippen LogP contribution in [-0.2, 0) is 0 Å². The molecule has 4 nitrogen and oxygen atoms in total. The summed E-state index contributed by atoms with van der Waals surface area (Å²) in [6, 6.07) is 13.3. The van der Waals surface area contributed by atoms with Gasteiger partial charge in [0, 0.05) is 17.2 Å². The fourth-order valence-corrected chi connectivity index (χ4v) is 2.82. The number of rotatable bonds is 6. The van der Waals surface area contributed by atoms with E-state index in [1.54, 1.807) is 30.5 Å². The second-order valence-corrected chi connectivity index (χ2v) is 6.25. The van der Waals surface area contributed by atoms with E-state index < -0.39 is 0 Å².